The molecule has 7 heteroatoms. The maximum absolute atomic E-state index is 10.8. The Hall–Kier alpha value is 0.830. The van der Waals surface area contributed by atoms with E-state index in [4.69, 9.17) is 0 Å². The van der Waals surface area contributed by atoms with Crippen LogP contribution in [0.1, 0.15) is 19.8 Å². The Morgan fingerprint density at radius 3 is 2.57 bits per heavy atom. The number of piperidine rings is 1. The van der Waals surface area contributed by atoms with Gasteiger partial charge in [-0.1, -0.05) is 6.92 Å². The Morgan fingerprint density at radius 2 is 2.21 bits per heavy atom. The van der Waals surface area contributed by atoms with Gasteiger partial charge in [-0.15, -0.1) is 0 Å². The summed E-state index contributed by atoms with van der Waals surface area (Å²) in [5.41, 5.74) is 0. The summed E-state index contributed by atoms with van der Waals surface area (Å²) < 4.78 is 32.5. The third kappa shape index (κ3) is 2.69. The number of nitrogens with one attached hydrogen (secondary N) is 1. The van der Waals surface area contributed by atoms with Gasteiger partial charge in [0.05, 0.1) is 0 Å². The minimum atomic E-state index is -4.62. The molecular formula is C7H14NNaO4S. The van der Waals surface area contributed by atoms with E-state index in [0.717, 1.165) is 0 Å². The molecule has 78 valence electrons. The molecule has 2 unspecified atom stereocenters. The molecule has 0 bridgehead atoms. The number of aliphatic hydroxyl groups is 1. The second-order valence-electron chi connectivity index (χ2n) is 3.36. The van der Waals surface area contributed by atoms with Crippen LogP contribution in [0.3, 0.4) is 0 Å². The molecule has 14 heavy (non-hydrogen) atoms. The Labute approximate surface area is 106 Å². The summed E-state index contributed by atoms with van der Waals surface area (Å²) in [7, 11) is -4.62. The van der Waals surface area contributed by atoms with E-state index >= 15 is 0 Å². The van der Waals surface area contributed by atoms with Crippen molar-refractivity contribution in [2.24, 2.45) is 5.92 Å². The van der Waals surface area contributed by atoms with Gasteiger partial charge in [0, 0.05) is 18.9 Å². The molecule has 5 nitrogen and oxygen atoms in total. The predicted molar refractivity (Wildman–Crippen MR) is 45.9 cm³/mol. The van der Waals surface area contributed by atoms with Gasteiger partial charge >= 0.3 is 29.6 Å². The third-order valence-corrected chi connectivity index (χ3v) is 4.02. The quantitative estimate of drug-likeness (QED) is 0.376. The molecule has 0 aromatic heterocycles. The van der Waals surface area contributed by atoms with Crippen LogP contribution in [0.5, 0.6) is 0 Å². The van der Waals surface area contributed by atoms with E-state index in [1.54, 1.807) is 6.92 Å². The van der Waals surface area contributed by atoms with Crippen LogP contribution in [0, 0.1) is 5.92 Å². The van der Waals surface area contributed by atoms with Crippen molar-refractivity contribution in [2.75, 3.05) is 13.1 Å². The number of hydrogen-bond donors (Lipinski definition) is 2. The average Bonchev–Trinajstić information content (AvgIpc) is 2.03. The van der Waals surface area contributed by atoms with Crippen LogP contribution in [0.15, 0.2) is 0 Å². The van der Waals surface area contributed by atoms with Crippen LogP contribution in [0.2, 0.25) is 0 Å². The third-order valence-electron chi connectivity index (χ3n) is 2.61. The van der Waals surface area contributed by atoms with Gasteiger partial charge < -0.3 is 15.0 Å². The van der Waals surface area contributed by atoms with E-state index in [-0.39, 0.29) is 36.0 Å². The van der Waals surface area contributed by atoms with Crippen LogP contribution >= 0.6 is 0 Å². The molecule has 0 radical (unpaired) electrons. The summed E-state index contributed by atoms with van der Waals surface area (Å²) in [6, 6.07) is 0. The van der Waals surface area contributed by atoms with Gasteiger partial charge in [0.25, 0.3) is 0 Å². The molecule has 0 amide bonds. The van der Waals surface area contributed by atoms with E-state index in [0.29, 0.717) is 19.5 Å². The molecule has 1 aliphatic heterocycles. The minimum absolute atomic E-state index is 0. The van der Waals surface area contributed by atoms with E-state index in [2.05, 4.69) is 5.32 Å². The Bertz CT molecular complexity index is 281. The monoisotopic (exact) mass is 231 g/mol. The molecule has 0 aliphatic carbocycles. The Balaban J connectivity index is 0.00000169. The van der Waals surface area contributed by atoms with E-state index < -0.39 is 21.0 Å². The molecule has 0 aromatic carbocycles. The summed E-state index contributed by atoms with van der Waals surface area (Å²) in [6.45, 7) is 2.51. The van der Waals surface area contributed by atoms with Gasteiger partial charge in [-0.25, -0.2) is 8.42 Å². The van der Waals surface area contributed by atoms with Crippen molar-refractivity contribution in [3.8, 4) is 0 Å². The maximum Gasteiger partial charge on any atom is 1.00 e. The molecule has 0 spiro atoms. The van der Waals surface area contributed by atoms with Crippen LogP contribution in [-0.4, -0.2) is 36.1 Å². The maximum atomic E-state index is 10.8. The van der Waals surface area contributed by atoms with E-state index in [1.807, 2.05) is 0 Å². The second-order valence-corrected chi connectivity index (χ2v) is 4.97. The van der Waals surface area contributed by atoms with E-state index in [1.165, 1.54) is 0 Å². The van der Waals surface area contributed by atoms with Gasteiger partial charge in [0.15, 0.2) is 4.93 Å². The fourth-order valence-corrected chi connectivity index (χ4v) is 2.71. The minimum Gasteiger partial charge on any atom is -0.746 e. The largest absolute Gasteiger partial charge is 1.00 e. The molecule has 2 N–H and O–H groups in total. The van der Waals surface area contributed by atoms with Gasteiger partial charge in [-0.3, -0.25) is 0 Å². The van der Waals surface area contributed by atoms with E-state index in [9.17, 15) is 18.1 Å². The summed E-state index contributed by atoms with van der Waals surface area (Å²) in [5.74, 6) is -0.497. The molecule has 2 atom stereocenters. The zero-order chi connectivity index (χ0) is 10.1. The standard InChI is InChI=1S/C7H15NO4S.Na/c1-2-6-5-8-4-3-7(6,9)13(10,11)12;/h6,8-9H,2-5H2,1H3,(H,10,11,12);/q;+1/p-1. The first-order valence-corrected chi connectivity index (χ1v) is 5.71. The van der Waals surface area contributed by atoms with Crippen molar-refractivity contribution >= 4 is 10.1 Å². The van der Waals surface area contributed by atoms with Gasteiger partial charge in [0.2, 0.25) is 0 Å². The fourth-order valence-electron chi connectivity index (χ4n) is 1.70. The molecule has 1 aliphatic rings. The normalized spacial score (nSPS) is 33.5. The molecule has 0 saturated carbocycles. The first kappa shape index (κ1) is 14.8. The van der Waals surface area contributed by atoms with Crippen LogP contribution < -0.4 is 34.9 Å². The van der Waals surface area contributed by atoms with Crippen molar-refractivity contribution < 1.29 is 47.6 Å². The summed E-state index contributed by atoms with van der Waals surface area (Å²) >= 11 is 0. The Morgan fingerprint density at radius 1 is 1.64 bits per heavy atom. The van der Waals surface area contributed by atoms with Crippen molar-refractivity contribution in [3.63, 3.8) is 0 Å². The van der Waals surface area contributed by atoms with Crippen LogP contribution in [0.4, 0.5) is 0 Å². The van der Waals surface area contributed by atoms with Gasteiger partial charge in [-0.05, 0) is 13.0 Å². The topological polar surface area (TPSA) is 89.5 Å². The molecule has 1 heterocycles. The fraction of sp³-hybridized carbons (Fsp3) is 1.00. The first-order chi connectivity index (χ1) is 5.92. The number of rotatable bonds is 2. The van der Waals surface area contributed by atoms with Crippen LogP contribution in [0.25, 0.3) is 0 Å². The van der Waals surface area contributed by atoms with Crippen molar-refractivity contribution in [1.29, 1.82) is 0 Å². The predicted octanol–water partition coefficient (Wildman–Crippen LogP) is -3.76. The summed E-state index contributed by atoms with van der Waals surface area (Å²) in [6.07, 6.45) is 0.461. The molecule has 1 fully saturated rings. The van der Waals surface area contributed by atoms with Crippen molar-refractivity contribution in [2.45, 2.75) is 24.7 Å². The zero-order valence-electron chi connectivity index (χ0n) is 8.49. The summed E-state index contributed by atoms with van der Waals surface area (Å²) in [4.78, 5) is -2.06. The van der Waals surface area contributed by atoms with Crippen molar-refractivity contribution in [1.82, 2.24) is 5.32 Å². The first-order valence-electron chi connectivity index (χ1n) is 4.30. The summed E-state index contributed by atoms with van der Waals surface area (Å²) in [5, 5.41) is 12.7. The average molecular weight is 231 g/mol. The second kappa shape index (κ2) is 5.25. The molecule has 1 saturated heterocycles. The van der Waals surface area contributed by atoms with Gasteiger partial charge in [-0.2, -0.15) is 0 Å². The Kier molecular flexibility index (Phi) is 5.56. The molecule has 1 rings (SSSR count). The molecule has 0 aromatic rings. The molecular weight excluding hydrogens is 217 g/mol. The van der Waals surface area contributed by atoms with Crippen LogP contribution in [-0.2, 0) is 10.1 Å². The SMILES string of the molecule is CCC1CNCCC1(O)S(=O)(=O)[O-].[Na+]. The smallest absolute Gasteiger partial charge is 0.746 e. The zero-order valence-corrected chi connectivity index (χ0v) is 11.3. The van der Waals surface area contributed by atoms with Crippen molar-refractivity contribution in [3.05, 3.63) is 0 Å². The number of hydrogen-bond acceptors (Lipinski definition) is 5. The van der Waals surface area contributed by atoms with Gasteiger partial charge in [0.1, 0.15) is 10.1 Å².